The SMILES string of the molecule is C[N+]12CC(=O)O[B-]1(c1cccc(C=O)c1)OC(=O)C2. The summed E-state index contributed by atoms with van der Waals surface area (Å²) in [6, 6.07) is 6.63. The Morgan fingerprint density at radius 2 is 1.84 bits per heavy atom. The van der Waals surface area contributed by atoms with Gasteiger partial charge in [0.15, 0.2) is 0 Å². The Bertz CT molecular complexity index is 580. The number of hydrogen-bond acceptors (Lipinski definition) is 5. The lowest BCUT2D eigenvalue weighted by atomic mass is 9.61. The average molecular weight is 261 g/mol. The number of likely N-dealkylation sites (N-methyl/N-ethyl adjacent to an activating group) is 1. The molecule has 0 unspecified atom stereocenters. The van der Waals surface area contributed by atoms with E-state index in [0.717, 1.165) is 0 Å². The molecule has 2 heterocycles. The van der Waals surface area contributed by atoms with E-state index in [0.29, 0.717) is 17.3 Å². The molecule has 0 saturated carbocycles. The number of hydrogen-bond donors (Lipinski definition) is 0. The first kappa shape index (κ1) is 11.9. The number of fused-ring (bicyclic) bond motifs is 1. The number of carbonyl (C=O) groups excluding carboxylic acids is 3. The summed E-state index contributed by atoms with van der Waals surface area (Å²) in [4.78, 5) is 34.1. The van der Waals surface area contributed by atoms with Crippen LogP contribution in [0.25, 0.3) is 0 Å². The van der Waals surface area contributed by atoms with Crippen molar-refractivity contribution in [2.24, 2.45) is 0 Å². The zero-order valence-corrected chi connectivity index (χ0v) is 10.4. The lowest BCUT2D eigenvalue weighted by molar-refractivity contribution is -0.791. The maximum Gasteiger partial charge on any atom is 0.614 e. The maximum absolute atomic E-state index is 11.6. The number of benzene rings is 1. The van der Waals surface area contributed by atoms with Gasteiger partial charge in [-0.3, -0.25) is 14.4 Å². The minimum Gasteiger partial charge on any atom is -0.596 e. The highest BCUT2D eigenvalue weighted by atomic mass is 16.7. The normalized spacial score (nSPS) is 32.7. The van der Waals surface area contributed by atoms with E-state index in [1.54, 1.807) is 31.3 Å². The molecular weight excluding hydrogens is 249 g/mol. The fraction of sp³-hybridized carbons (Fsp3) is 0.250. The molecule has 0 bridgehead atoms. The fourth-order valence-electron chi connectivity index (χ4n) is 2.95. The maximum atomic E-state index is 11.6. The number of aldehydes is 1. The van der Waals surface area contributed by atoms with Gasteiger partial charge in [0.05, 0.1) is 0 Å². The van der Waals surface area contributed by atoms with Crippen LogP contribution < -0.4 is 5.46 Å². The number of carbonyl (C=O) groups is 3. The Labute approximate surface area is 109 Å². The third-order valence-corrected chi connectivity index (χ3v) is 3.85. The van der Waals surface area contributed by atoms with Gasteiger partial charge in [0, 0.05) is 12.6 Å². The van der Waals surface area contributed by atoms with Crippen molar-refractivity contribution in [1.29, 1.82) is 0 Å². The summed E-state index contributed by atoms with van der Waals surface area (Å²) in [6.45, 7) is -2.05. The molecule has 2 aliphatic rings. The van der Waals surface area contributed by atoms with E-state index in [4.69, 9.17) is 9.31 Å². The summed E-state index contributed by atoms with van der Waals surface area (Å²) < 4.78 is 10.8. The lowest BCUT2D eigenvalue weighted by Crippen LogP contribution is -2.67. The van der Waals surface area contributed by atoms with E-state index in [2.05, 4.69) is 0 Å². The molecule has 19 heavy (non-hydrogen) atoms. The van der Waals surface area contributed by atoms with Gasteiger partial charge in [-0.15, -0.1) is 0 Å². The van der Waals surface area contributed by atoms with Gasteiger partial charge >= 0.3 is 18.6 Å². The number of quaternary nitrogens is 1. The monoisotopic (exact) mass is 261 g/mol. The molecule has 0 aromatic heterocycles. The van der Waals surface area contributed by atoms with Gasteiger partial charge in [0.1, 0.15) is 19.4 Å². The zero-order valence-electron chi connectivity index (χ0n) is 10.4. The topological polar surface area (TPSA) is 69.7 Å². The van der Waals surface area contributed by atoms with Crippen LogP contribution in [0.5, 0.6) is 0 Å². The summed E-state index contributed by atoms with van der Waals surface area (Å²) in [5.74, 6) is -0.794. The van der Waals surface area contributed by atoms with Crippen LogP contribution in [-0.4, -0.2) is 49.4 Å². The molecule has 3 rings (SSSR count). The van der Waals surface area contributed by atoms with Crippen LogP contribution in [0.15, 0.2) is 24.3 Å². The van der Waals surface area contributed by atoms with Gasteiger partial charge < -0.3 is 13.7 Å². The van der Waals surface area contributed by atoms with Crippen LogP contribution in [0.4, 0.5) is 0 Å². The Morgan fingerprint density at radius 3 is 2.42 bits per heavy atom. The van der Waals surface area contributed by atoms with Crippen molar-refractivity contribution in [3.63, 3.8) is 0 Å². The van der Waals surface area contributed by atoms with Crippen molar-refractivity contribution in [3.8, 4) is 0 Å². The van der Waals surface area contributed by atoms with Gasteiger partial charge in [-0.2, -0.15) is 0 Å². The summed E-state index contributed by atoms with van der Waals surface area (Å²) in [7, 11) is 1.75. The third-order valence-electron chi connectivity index (χ3n) is 3.85. The van der Waals surface area contributed by atoms with Crippen LogP contribution in [0.3, 0.4) is 0 Å². The van der Waals surface area contributed by atoms with Crippen molar-refractivity contribution in [2.75, 3.05) is 20.1 Å². The molecule has 2 aliphatic heterocycles. The van der Waals surface area contributed by atoms with Gasteiger partial charge in [-0.25, -0.2) is 0 Å². The first-order valence-corrected chi connectivity index (χ1v) is 5.97. The quantitative estimate of drug-likeness (QED) is 0.515. The van der Waals surface area contributed by atoms with E-state index in [1.807, 2.05) is 0 Å². The highest BCUT2D eigenvalue weighted by molar-refractivity contribution is 6.79. The van der Waals surface area contributed by atoms with Gasteiger partial charge in [-0.1, -0.05) is 24.3 Å². The summed E-state index contributed by atoms with van der Waals surface area (Å²) >= 11 is 0. The molecule has 0 N–H and O–H groups in total. The van der Waals surface area contributed by atoms with Crippen molar-refractivity contribution >= 4 is 30.4 Å². The van der Waals surface area contributed by atoms with Crippen LogP contribution in [0.1, 0.15) is 10.4 Å². The van der Waals surface area contributed by atoms with E-state index in [9.17, 15) is 14.4 Å². The average Bonchev–Trinajstić information content (AvgIpc) is 2.74. The molecule has 6 nitrogen and oxygen atoms in total. The second-order valence-electron chi connectivity index (χ2n) is 5.24. The van der Waals surface area contributed by atoms with Crippen LogP contribution in [-0.2, 0) is 18.9 Å². The lowest BCUT2D eigenvalue weighted by Gasteiger charge is -2.40. The largest absolute Gasteiger partial charge is 0.614 e. The fourth-order valence-corrected chi connectivity index (χ4v) is 2.95. The molecule has 98 valence electrons. The van der Waals surface area contributed by atoms with Crippen LogP contribution in [0, 0.1) is 0 Å². The van der Waals surface area contributed by atoms with Crippen molar-refractivity contribution < 1.29 is 28.1 Å². The molecule has 0 radical (unpaired) electrons. The molecule has 2 fully saturated rings. The molecule has 7 heteroatoms. The predicted molar refractivity (Wildman–Crippen MR) is 65.3 cm³/mol. The Balaban J connectivity index is 2.16. The number of nitrogens with zero attached hydrogens (tertiary/aromatic N) is 1. The van der Waals surface area contributed by atoms with Gasteiger partial charge in [0.25, 0.3) is 0 Å². The second-order valence-corrected chi connectivity index (χ2v) is 5.24. The molecule has 0 amide bonds. The highest BCUT2D eigenvalue weighted by Crippen LogP contribution is 2.33. The van der Waals surface area contributed by atoms with Gasteiger partial charge in [0.2, 0.25) is 0 Å². The van der Waals surface area contributed by atoms with Crippen molar-refractivity contribution in [2.45, 2.75) is 0 Å². The Kier molecular flexibility index (Phi) is 2.31. The molecular formula is C12H12BNO5. The van der Waals surface area contributed by atoms with E-state index in [1.165, 1.54) is 0 Å². The molecule has 1 aromatic carbocycles. The van der Waals surface area contributed by atoms with Crippen molar-refractivity contribution in [3.05, 3.63) is 29.8 Å². The van der Waals surface area contributed by atoms with Gasteiger partial charge in [-0.05, 0) is 5.46 Å². The minimum absolute atomic E-state index is 0.0833. The minimum atomic E-state index is -2.24. The molecule has 0 spiro atoms. The first-order chi connectivity index (χ1) is 8.99. The molecule has 1 aromatic rings. The third kappa shape index (κ3) is 1.51. The van der Waals surface area contributed by atoms with E-state index in [-0.39, 0.29) is 17.5 Å². The van der Waals surface area contributed by atoms with Crippen molar-refractivity contribution in [1.82, 2.24) is 0 Å². The zero-order chi connectivity index (χ0) is 13.7. The highest BCUT2D eigenvalue weighted by Gasteiger charge is 2.66. The first-order valence-electron chi connectivity index (χ1n) is 5.97. The van der Waals surface area contributed by atoms with E-state index < -0.39 is 18.6 Å². The van der Waals surface area contributed by atoms with Crippen LogP contribution >= 0.6 is 0 Å². The molecule has 2 saturated heterocycles. The standard InChI is InChI=1S/C12H12BNO5/c1-14-6-11(16)18-13(14,19-12(17)7-14)10-4-2-3-9(5-10)8-15/h2-5,8H,6-7H2,1H3. The second kappa shape index (κ2) is 3.67. The smallest absolute Gasteiger partial charge is 0.596 e. The summed E-state index contributed by atoms with van der Waals surface area (Å²) in [5, 5.41) is 0. The summed E-state index contributed by atoms with van der Waals surface area (Å²) in [6.07, 6.45) is 0.702. The Morgan fingerprint density at radius 1 is 1.21 bits per heavy atom. The molecule has 0 aliphatic carbocycles. The van der Waals surface area contributed by atoms with E-state index >= 15 is 0 Å². The molecule has 0 atom stereocenters. The Hall–Kier alpha value is -2.15. The summed E-state index contributed by atoms with van der Waals surface area (Å²) in [5.41, 5.74) is 1.01. The van der Waals surface area contributed by atoms with Crippen LogP contribution in [0.2, 0.25) is 0 Å². The predicted octanol–water partition coefficient (Wildman–Crippen LogP) is -0.795. The number of rotatable bonds is 2.